The Morgan fingerprint density at radius 3 is 2.07 bits per heavy atom. The molecular formula is C16H13N3O8. The molecule has 0 saturated carbocycles. The van der Waals surface area contributed by atoms with Gasteiger partial charge in [-0.3, -0.25) is 20.2 Å². The average Bonchev–Trinajstić information content (AvgIpc) is 2.64. The number of carbonyl (C=O) groups excluding carboxylic acids is 1. The molecule has 0 spiro atoms. The lowest BCUT2D eigenvalue weighted by molar-refractivity contribution is -0.394. The summed E-state index contributed by atoms with van der Waals surface area (Å²) < 4.78 is 4.84. The smallest absolute Gasteiger partial charge is 0.408 e. The third-order valence-electron chi connectivity index (χ3n) is 3.40. The first-order valence-electron chi connectivity index (χ1n) is 7.41. The number of benzene rings is 2. The van der Waals surface area contributed by atoms with Gasteiger partial charge >= 0.3 is 12.1 Å². The van der Waals surface area contributed by atoms with Crippen molar-refractivity contribution in [2.75, 3.05) is 0 Å². The van der Waals surface area contributed by atoms with E-state index in [1.807, 2.05) is 0 Å². The van der Waals surface area contributed by atoms with E-state index < -0.39 is 45.9 Å². The summed E-state index contributed by atoms with van der Waals surface area (Å²) in [5, 5.41) is 33.1. The third-order valence-corrected chi connectivity index (χ3v) is 3.40. The van der Waals surface area contributed by atoms with E-state index in [9.17, 15) is 34.9 Å². The van der Waals surface area contributed by atoms with Gasteiger partial charge in [0, 0.05) is 17.7 Å². The molecule has 11 nitrogen and oxygen atoms in total. The zero-order chi connectivity index (χ0) is 20.0. The summed E-state index contributed by atoms with van der Waals surface area (Å²) in [5.74, 6) is -1.32. The predicted octanol–water partition coefficient (Wildman–Crippen LogP) is 2.56. The number of amides is 1. The first-order chi connectivity index (χ1) is 12.8. The number of nitrogens with one attached hydrogen (secondary N) is 1. The lowest BCUT2D eigenvalue weighted by atomic mass is 10.1. The normalized spacial score (nSPS) is 11.3. The number of nitro benzene ring substituents is 2. The number of ether oxygens (including phenoxy) is 1. The van der Waals surface area contributed by atoms with Gasteiger partial charge < -0.3 is 15.2 Å². The van der Waals surface area contributed by atoms with Crippen LogP contribution < -0.4 is 5.32 Å². The molecule has 0 aromatic heterocycles. The van der Waals surface area contributed by atoms with Crippen LogP contribution in [0.5, 0.6) is 0 Å². The molecule has 27 heavy (non-hydrogen) atoms. The zero-order valence-electron chi connectivity index (χ0n) is 13.6. The van der Waals surface area contributed by atoms with Gasteiger partial charge in [-0.15, -0.1) is 0 Å². The topological polar surface area (TPSA) is 162 Å². The Morgan fingerprint density at radius 2 is 1.59 bits per heavy atom. The molecule has 0 radical (unpaired) electrons. The van der Waals surface area contributed by atoms with Gasteiger partial charge in [0.15, 0.2) is 6.04 Å². The third kappa shape index (κ3) is 5.22. The SMILES string of the molecule is O=C(N[C@H](C(=O)O)c1ccccc1)OCc1cc([N+](=O)[O-])cc([N+](=O)[O-])c1. The fourth-order valence-electron chi connectivity index (χ4n) is 2.19. The number of carbonyl (C=O) groups is 2. The zero-order valence-corrected chi connectivity index (χ0v) is 13.6. The van der Waals surface area contributed by atoms with E-state index in [2.05, 4.69) is 5.32 Å². The molecular weight excluding hydrogens is 362 g/mol. The molecule has 1 atom stereocenters. The van der Waals surface area contributed by atoms with Crippen molar-refractivity contribution in [2.45, 2.75) is 12.6 Å². The molecule has 2 aromatic carbocycles. The molecule has 2 N–H and O–H groups in total. The highest BCUT2D eigenvalue weighted by Gasteiger charge is 2.23. The van der Waals surface area contributed by atoms with Crippen LogP contribution in [0.4, 0.5) is 16.2 Å². The van der Waals surface area contributed by atoms with Crippen molar-refractivity contribution in [2.24, 2.45) is 0 Å². The van der Waals surface area contributed by atoms with E-state index in [-0.39, 0.29) is 5.56 Å². The van der Waals surface area contributed by atoms with Crippen LogP contribution in [0, 0.1) is 20.2 Å². The van der Waals surface area contributed by atoms with Crippen LogP contribution in [0.2, 0.25) is 0 Å². The summed E-state index contributed by atoms with van der Waals surface area (Å²) >= 11 is 0. The highest BCUT2D eigenvalue weighted by molar-refractivity contribution is 5.81. The van der Waals surface area contributed by atoms with Gasteiger partial charge in [0.2, 0.25) is 0 Å². The monoisotopic (exact) mass is 375 g/mol. The molecule has 0 heterocycles. The Bertz CT molecular complexity index is 852. The van der Waals surface area contributed by atoms with Gasteiger partial charge in [0.25, 0.3) is 11.4 Å². The van der Waals surface area contributed by atoms with E-state index in [0.717, 1.165) is 18.2 Å². The Balaban J connectivity index is 2.09. The minimum Gasteiger partial charge on any atom is -0.479 e. The largest absolute Gasteiger partial charge is 0.479 e. The van der Waals surface area contributed by atoms with Crippen molar-refractivity contribution in [3.05, 3.63) is 79.9 Å². The molecule has 11 heteroatoms. The lowest BCUT2D eigenvalue weighted by Crippen LogP contribution is -2.34. The van der Waals surface area contributed by atoms with Gasteiger partial charge in [0.05, 0.1) is 15.9 Å². The van der Waals surface area contributed by atoms with E-state index in [1.165, 1.54) is 12.1 Å². The minimum absolute atomic E-state index is 0.0117. The summed E-state index contributed by atoms with van der Waals surface area (Å²) in [4.78, 5) is 43.3. The number of nitrogens with zero attached hydrogens (tertiary/aromatic N) is 2. The summed E-state index contributed by atoms with van der Waals surface area (Å²) in [6.07, 6.45) is -1.10. The molecule has 0 fully saturated rings. The van der Waals surface area contributed by atoms with Crippen molar-refractivity contribution >= 4 is 23.4 Å². The molecule has 0 saturated heterocycles. The number of carboxylic acid groups (broad SMARTS) is 1. The van der Waals surface area contributed by atoms with Crippen LogP contribution >= 0.6 is 0 Å². The molecule has 0 unspecified atom stereocenters. The second kappa shape index (κ2) is 8.38. The molecule has 0 aliphatic rings. The number of alkyl carbamates (subject to hydrolysis) is 1. The van der Waals surface area contributed by atoms with Crippen LogP contribution in [-0.4, -0.2) is 27.0 Å². The van der Waals surface area contributed by atoms with Crippen molar-refractivity contribution in [1.29, 1.82) is 0 Å². The number of aliphatic carboxylic acids is 1. The van der Waals surface area contributed by atoms with Crippen molar-refractivity contribution in [1.82, 2.24) is 5.32 Å². The van der Waals surface area contributed by atoms with Crippen molar-refractivity contribution < 1.29 is 29.3 Å². The number of non-ortho nitro benzene ring substituents is 2. The predicted molar refractivity (Wildman–Crippen MR) is 89.9 cm³/mol. The summed E-state index contributed by atoms with van der Waals surface area (Å²) in [5.41, 5.74) is -0.739. The standard InChI is InChI=1S/C16H13N3O8/c20-15(21)14(11-4-2-1-3-5-11)17-16(22)27-9-10-6-12(18(23)24)8-13(7-10)19(25)26/h1-8,14H,9H2,(H,17,22)(H,20,21)/t14-/m0/s1. The van der Waals surface area contributed by atoms with E-state index >= 15 is 0 Å². The maximum absolute atomic E-state index is 11.9. The number of nitro groups is 2. The summed E-state index contributed by atoms with van der Waals surface area (Å²) in [6.45, 7) is -0.518. The van der Waals surface area contributed by atoms with Gasteiger partial charge in [-0.05, 0) is 5.56 Å². The highest BCUT2D eigenvalue weighted by atomic mass is 16.6. The van der Waals surface area contributed by atoms with Crippen LogP contribution in [0.1, 0.15) is 17.2 Å². The Morgan fingerprint density at radius 1 is 1.04 bits per heavy atom. The first kappa shape index (κ1) is 19.3. The van der Waals surface area contributed by atoms with E-state index in [4.69, 9.17) is 4.74 Å². The summed E-state index contributed by atoms with van der Waals surface area (Å²) in [7, 11) is 0. The van der Waals surface area contributed by atoms with Crippen molar-refractivity contribution in [3.63, 3.8) is 0 Å². The second-order valence-electron chi connectivity index (χ2n) is 5.27. The van der Waals surface area contributed by atoms with Gasteiger partial charge in [0.1, 0.15) is 6.61 Å². The molecule has 2 aromatic rings. The highest BCUT2D eigenvalue weighted by Crippen LogP contribution is 2.23. The Labute approximate surface area is 151 Å². The molecule has 1 amide bonds. The number of carboxylic acids is 1. The van der Waals surface area contributed by atoms with Crippen LogP contribution in [0.15, 0.2) is 48.5 Å². The first-order valence-corrected chi connectivity index (χ1v) is 7.41. The van der Waals surface area contributed by atoms with Crippen LogP contribution in [-0.2, 0) is 16.1 Å². The lowest BCUT2D eigenvalue weighted by Gasteiger charge is -2.14. The molecule has 140 valence electrons. The maximum Gasteiger partial charge on any atom is 0.408 e. The number of rotatable bonds is 7. The fourth-order valence-corrected chi connectivity index (χ4v) is 2.19. The molecule has 2 rings (SSSR count). The van der Waals surface area contributed by atoms with E-state index in [0.29, 0.717) is 5.56 Å². The fraction of sp³-hybridized carbons (Fsp3) is 0.125. The second-order valence-corrected chi connectivity index (χ2v) is 5.27. The minimum atomic E-state index is -1.36. The van der Waals surface area contributed by atoms with Crippen molar-refractivity contribution in [3.8, 4) is 0 Å². The van der Waals surface area contributed by atoms with Gasteiger partial charge in [-0.25, -0.2) is 9.59 Å². The van der Waals surface area contributed by atoms with Gasteiger partial charge in [-0.1, -0.05) is 30.3 Å². The average molecular weight is 375 g/mol. The van der Waals surface area contributed by atoms with Crippen LogP contribution in [0.3, 0.4) is 0 Å². The van der Waals surface area contributed by atoms with Gasteiger partial charge in [-0.2, -0.15) is 0 Å². The van der Waals surface area contributed by atoms with E-state index in [1.54, 1.807) is 18.2 Å². The Hall–Kier alpha value is -4.02. The molecule has 0 aliphatic carbocycles. The molecule has 0 aliphatic heterocycles. The molecule has 0 bridgehead atoms. The maximum atomic E-state index is 11.9. The Kier molecular flexibility index (Phi) is 5.99. The number of hydrogen-bond acceptors (Lipinski definition) is 7. The number of hydrogen-bond donors (Lipinski definition) is 2. The quantitative estimate of drug-likeness (QED) is 0.551. The summed E-state index contributed by atoms with van der Waals surface area (Å²) in [6, 6.07) is 9.33. The van der Waals surface area contributed by atoms with Crippen LogP contribution in [0.25, 0.3) is 0 Å².